The van der Waals surface area contributed by atoms with E-state index in [0.29, 0.717) is 28.8 Å². The van der Waals surface area contributed by atoms with Gasteiger partial charge in [0.2, 0.25) is 5.89 Å². The number of benzene rings is 2. The fraction of sp³-hybridized carbons (Fsp3) is 0.348. The van der Waals surface area contributed by atoms with Gasteiger partial charge in [-0.05, 0) is 62.1 Å². The van der Waals surface area contributed by atoms with Gasteiger partial charge in [-0.3, -0.25) is 14.4 Å². The first-order valence-corrected chi connectivity index (χ1v) is 12.3. The molecule has 2 heterocycles. The van der Waals surface area contributed by atoms with Crippen LogP contribution in [-0.2, 0) is 21.4 Å². The van der Waals surface area contributed by atoms with Crippen molar-refractivity contribution in [3.05, 3.63) is 59.2 Å². The van der Waals surface area contributed by atoms with E-state index in [2.05, 4.69) is 14.9 Å². The average Bonchev–Trinajstić information content (AvgIpc) is 3.19. The number of anilines is 2. The zero-order valence-electron chi connectivity index (χ0n) is 18.4. The monoisotopic (exact) mass is 468 g/mol. The smallest absolute Gasteiger partial charge is 0.265 e. The van der Waals surface area contributed by atoms with Crippen molar-refractivity contribution in [2.24, 2.45) is 0 Å². The first-order valence-electron chi connectivity index (χ1n) is 10.8. The summed E-state index contributed by atoms with van der Waals surface area (Å²) in [5.41, 5.74) is 2.68. The molecule has 1 amide bonds. The van der Waals surface area contributed by atoms with Crippen molar-refractivity contribution in [2.75, 3.05) is 16.2 Å². The standard InChI is InChI=1S/C23H24N4O5S/c1-14-5-3-8-18(15(14)2)26-33(29,30)17-9-10-20-19(11-17)27(22(28)13-31-20)12-21-24-23(32-25-21)16-6-4-7-16/h3,5,8-11,16,26H,4,6-7,12-13H2,1-2H3. The average molecular weight is 469 g/mol. The molecule has 0 spiro atoms. The van der Waals surface area contributed by atoms with Gasteiger partial charge in [0.25, 0.3) is 15.9 Å². The molecule has 1 aliphatic carbocycles. The van der Waals surface area contributed by atoms with E-state index in [1.807, 2.05) is 19.9 Å². The summed E-state index contributed by atoms with van der Waals surface area (Å²) < 4.78 is 39.8. The number of amides is 1. The van der Waals surface area contributed by atoms with E-state index >= 15 is 0 Å². The van der Waals surface area contributed by atoms with Crippen LogP contribution >= 0.6 is 0 Å². The minimum Gasteiger partial charge on any atom is -0.482 e. The molecule has 2 aromatic carbocycles. The normalized spacial score (nSPS) is 16.2. The minimum absolute atomic E-state index is 0.0220. The maximum absolute atomic E-state index is 13.1. The van der Waals surface area contributed by atoms with Gasteiger partial charge in [0, 0.05) is 5.92 Å². The Balaban J connectivity index is 1.44. The van der Waals surface area contributed by atoms with Crippen molar-refractivity contribution in [3.63, 3.8) is 0 Å². The zero-order valence-corrected chi connectivity index (χ0v) is 19.2. The zero-order chi connectivity index (χ0) is 23.2. The minimum atomic E-state index is -3.90. The molecule has 9 nitrogen and oxygen atoms in total. The highest BCUT2D eigenvalue weighted by Crippen LogP contribution is 2.37. The van der Waals surface area contributed by atoms with E-state index in [0.717, 1.165) is 30.4 Å². The van der Waals surface area contributed by atoms with Crippen molar-refractivity contribution in [1.82, 2.24) is 10.1 Å². The largest absolute Gasteiger partial charge is 0.482 e. The lowest BCUT2D eigenvalue weighted by Gasteiger charge is -2.28. The molecule has 0 saturated heterocycles. The SMILES string of the molecule is Cc1cccc(NS(=O)(=O)c2ccc3c(c2)N(Cc2noc(C4CCC4)n2)C(=O)CO3)c1C. The number of aryl methyl sites for hydroxylation is 1. The Morgan fingerprint density at radius 2 is 2.00 bits per heavy atom. The van der Waals surface area contributed by atoms with Gasteiger partial charge in [-0.25, -0.2) is 8.42 Å². The molecule has 1 saturated carbocycles. The van der Waals surface area contributed by atoms with Crippen molar-refractivity contribution < 1.29 is 22.5 Å². The predicted molar refractivity (Wildman–Crippen MR) is 121 cm³/mol. The van der Waals surface area contributed by atoms with E-state index < -0.39 is 10.0 Å². The van der Waals surface area contributed by atoms with Crippen molar-refractivity contribution in [3.8, 4) is 5.75 Å². The molecular weight excluding hydrogens is 444 g/mol. The predicted octanol–water partition coefficient (Wildman–Crippen LogP) is 3.68. The highest BCUT2D eigenvalue weighted by Gasteiger charge is 2.31. The van der Waals surface area contributed by atoms with Gasteiger partial charge in [-0.15, -0.1) is 0 Å². The maximum Gasteiger partial charge on any atom is 0.265 e. The molecule has 5 rings (SSSR count). The third kappa shape index (κ3) is 4.06. The summed E-state index contributed by atoms with van der Waals surface area (Å²) >= 11 is 0. The molecule has 0 atom stereocenters. The number of fused-ring (bicyclic) bond motifs is 1. The van der Waals surface area contributed by atoms with Crippen LogP contribution in [0.5, 0.6) is 5.75 Å². The molecule has 2 aliphatic rings. The summed E-state index contributed by atoms with van der Waals surface area (Å²) in [6, 6.07) is 9.89. The molecular formula is C23H24N4O5S. The summed E-state index contributed by atoms with van der Waals surface area (Å²) in [5.74, 6) is 1.36. The Morgan fingerprint density at radius 3 is 2.76 bits per heavy atom. The Bertz CT molecular complexity index is 1330. The summed E-state index contributed by atoms with van der Waals surface area (Å²) in [4.78, 5) is 18.5. The first kappa shape index (κ1) is 21.4. The number of nitrogens with one attached hydrogen (secondary N) is 1. The first-order chi connectivity index (χ1) is 15.8. The molecule has 0 bridgehead atoms. The van der Waals surface area contributed by atoms with Crippen LogP contribution in [0.15, 0.2) is 45.8 Å². The lowest BCUT2D eigenvalue weighted by atomic mass is 9.85. The van der Waals surface area contributed by atoms with E-state index in [1.54, 1.807) is 18.2 Å². The maximum atomic E-state index is 13.1. The van der Waals surface area contributed by atoms with Crippen molar-refractivity contribution >= 4 is 27.3 Å². The van der Waals surface area contributed by atoms with Crippen LogP contribution in [0.4, 0.5) is 11.4 Å². The number of carbonyl (C=O) groups excluding carboxylic acids is 1. The van der Waals surface area contributed by atoms with E-state index in [1.165, 1.54) is 17.0 Å². The van der Waals surface area contributed by atoms with Crippen LogP contribution < -0.4 is 14.4 Å². The summed E-state index contributed by atoms with van der Waals surface area (Å²) in [6.07, 6.45) is 3.19. The van der Waals surface area contributed by atoms with E-state index in [4.69, 9.17) is 9.26 Å². The van der Waals surface area contributed by atoms with Crippen LogP contribution in [0, 0.1) is 13.8 Å². The molecule has 1 aromatic heterocycles. The second-order valence-corrected chi connectivity index (χ2v) is 10.1. The van der Waals surface area contributed by atoms with Gasteiger partial charge in [0.1, 0.15) is 5.75 Å². The third-order valence-electron chi connectivity index (χ3n) is 6.27. The van der Waals surface area contributed by atoms with Gasteiger partial charge >= 0.3 is 0 Å². The molecule has 1 aliphatic heterocycles. The number of carbonyl (C=O) groups is 1. The van der Waals surface area contributed by atoms with Gasteiger partial charge in [0.05, 0.1) is 22.8 Å². The number of hydrogen-bond donors (Lipinski definition) is 1. The Morgan fingerprint density at radius 1 is 1.18 bits per heavy atom. The summed E-state index contributed by atoms with van der Waals surface area (Å²) in [7, 11) is -3.90. The molecule has 1 N–H and O–H groups in total. The van der Waals surface area contributed by atoms with Crippen molar-refractivity contribution in [2.45, 2.75) is 50.5 Å². The highest BCUT2D eigenvalue weighted by molar-refractivity contribution is 7.92. The quantitative estimate of drug-likeness (QED) is 0.587. The van der Waals surface area contributed by atoms with Gasteiger partial charge in [-0.1, -0.05) is 23.7 Å². The lowest BCUT2D eigenvalue weighted by Crippen LogP contribution is -2.38. The Kier molecular flexibility index (Phi) is 5.32. The Labute approximate surface area is 191 Å². The van der Waals surface area contributed by atoms with Gasteiger partial charge in [0.15, 0.2) is 12.4 Å². The van der Waals surface area contributed by atoms with E-state index in [9.17, 15) is 13.2 Å². The van der Waals surface area contributed by atoms with Gasteiger partial charge in [-0.2, -0.15) is 4.98 Å². The molecule has 3 aromatic rings. The number of nitrogens with zero attached hydrogens (tertiary/aromatic N) is 3. The van der Waals surface area contributed by atoms with Crippen LogP contribution in [0.3, 0.4) is 0 Å². The van der Waals surface area contributed by atoms with Crippen LogP contribution in [-0.4, -0.2) is 31.1 Å². The van der Waals surface area contributed by atoms with Crippen LogP contribution in [0.25, 0.3) is 0 Å². The fourth-order valence-electron chi connectivity index (χ4n) is 3.88. The number of sulfonamides is 1. The number of ether oxygens (including phenoxy) is 1. The number of aromatic nitrogens is 2. The third-order valence-corrected chi connectivity index (χ3v) is 7.63. The molecule has 172 valence electrons. The van der Waals surface area contributed by atoms with E-state index in [-0.39, 0.29) is 29.9 Å². The topological polar surface area (TPSA) is 115 Å². The number of rotatable bonds is 6. The summed E-state index contributed by atoms with van der Waals surface area (Å²) in [5, 5.41) is 4.01. The fourth-order valence-corrected chi connectivity index (χ4v) is 5.02. The van der Waals surface area contributed by atoms with Crippen molar-refractivity contribution in [1.29, 1.82) is 0 Å². The highest BCUT2D eigenvalue weighted by atomic mass is 32.2. The van der Waals surface area contributed by atoms with Crippen LogP contribution in [0.2, 0.25) is 0 Å². The Hall–Kier alpha value is -3.40. The molecule has 1 fully saturated rings. The molecule has 33 heavy (non-hydrogen) atoms. The number of hydrogen-bond acceptors (Lipinski definition) is 7. The molecule has 0 radical (unpaired) electrons. The van der Waals surface area contributed by atoms with Gasteiger partial charge < -0.3 is 9.26 Å². The second kappa shape index (κ2) is 8.18. The van der Waals surface area contributed by atoms with Crippen LogP contribution in [0.1, 0.15) is 48.0 Å². The second-order valence-electron chi connectivity index (χ2n) is 8.43. The lowest BCUT2D eigenvalue weighted by molar-refractivity contribution is -0.121. The summed E-state index contributed by atoms with van der Waals surface area (Å²) in [6.45, 7) is 3.70. The molecule has 10 heteroatoms. The molecule has 0 unspecified atom stereocenters.